The fraction of sp³-hybridized carbons (Fsp3) is 0.143. The van der Waals surface area contributed by atoms with Gasteiger partial charge < -0.3 is 0 Å². The number of carbonyl (C=O) groups is 1. The number of benzene rings is 1. The molecule has 1 aromatic carbocycles. The van der Waals surface area contributed by atoms with Crippen molar-refractivity contribution in [3.63, 3.8) is 0 Å². The number of amides is 1. The highest BCUT2D eigenvalue weighted by molar-refractivity contribution is 6.33. The normalized spacial score (nSPS) is 14.6. The Hall–Kier alpha value is -1.87. The van der Waals surface area contributed by atoms with Gasteiger partial charge in [-0.05, 0) is 31.1 Å². The van der Waals surface area contributed by atoms with Crippen LogP contribution < -0.4 is 5.43 Å². The van der Waals surface area contributed by atoms with Crippen LogP contribution in [-0.2, 0) is 0 Å². The lowest BCUT2D eigenvalue weighted by Crippen LogP contribution is -2.19. The van der Waals surface area contributed by atoms with Gasteiger partial charge in [-0.2, -0.15) is 5.10 Å². The summed E-state index contributed by atoms with van der Waals surface area (Å²) in [5.74, 6) is -0.300. The molecule has 0 fully saturated rings. The Morgan fingerprint density at radius 1 is 1.39 bits per heavy atom. The first kappa shape index (κ1) is 12.6. The first-order chi connectivity index (χ1) is 8.68. The highest BCUT2D eigenvalue weighted by Gasteiger charge is 2.09. The molecule has 0 saturated carbocycles. The molecular weight excluding hydrogens is 248 g/mol. The van der Waals surface area contributed by atoms with Gasteiger partial charge in [-0.1, -0.05) is 42.0 Å². The molecule has 0 aliphatic heterocycles. The average Bonchev–Trinajstić information content (AvgIpc) is 2.90. The summed E-state index contributed by atoms with van der Waals surface area (Å²) >= 11 is 5.93. The number of carbonyl (C=O) groups excluding carboxylic acids is 1. The second-order valence-electron chi connectivity index (χ2n) is 3.94. The van der Waals surface area contributed by atoms with Gasteiger partial charge in [0, 0.05) is 0 Å². The number of nitrogens with one attached hydrogen (secondary N) is 1. The van der Waals surface area contributed by atoms with E-state index in [1.165, 1.54) is 0 Å². The summed E-state index contributed by atoms with van der Waals surface area (Å²) < 4.78 is 0. The van der Waals surface area contributed by atoms with Crippen LogP contribution in [0.25, 0.3) is 0 Å². The van der Waals surface area contributed by atoms with Crippen LogP contribution in [0, 0.1) is 0 Å². The van der Waals surface area contributed by atoms with Crippen molar-refractivity contribution in [3.05, 3.63) is 58.7 Å². The zero-order chi connectivity index (χ0) is 13.0. The van der Waals surface area contributed by atoms with E-state index >= 15 is 0 Å². The van der Waals surface area contributed by atoms with E-state index in [1.807, 2.05) is 25.2 Å². The van der Waals surface area contributed by atoms with Crippen LogP contribution in [-0.4, -0.2) is 11.6 Å². The van der Waals surface area contributed by atoms with Crippen molar-refractivity contribution >= 4 is 23.2 Å². The molecule has 1 amide bonds. The molecule has 1 aliphatic carbocycles. The maximum atomic E-state index is 11.8. The summed E-state index contributed by atoms with van der Waals surface area (Å²) in [6.45, 7) is 1.87. The summed E-state index contributed by atoms with van der Waals surface area (Å²) in [6.07, 6.45) is 6.87. The maximum Gasteiger partial charge on any atom is 0.272 e. The lowest BCUT2D eigenvalue weighted by molar-refractivity contribution is 0.0955. The number of rotatable bonds is 3. The molecule has 3 nitrogen and oxygen atoms in total. The lowest BCUT2D eigenvalue weighted by atomic mass is 10.1. The van der Waals surface area contributed by atoms with Gasteiger partial charge in [0.2, 0.25) is 0 Å². The van der Waals surface area contributed by atoms with Crippen molar-refractivity contribution in [2.24, 2.45) is 5.10 Å². The van der Waals surface area contributed by atoms with E-state index in [0.29, 0.717) is 10.6 Å². The van der Waals surface area contributed by atoms with Crippen molar-refractivity contribution < 1.29 is 4.79 Å². The van der Waals surface area contributed by atoms with Gasteiger partial charge in [-0.25, -0.2) is 5.43 Å². The molecule has 0 unspecified atom stereocenters. The molecule has 4 heteroatoms. The molecule has 0 spiro atoms. The van der Waals surface area contributed by atoms with Crippen LogP contribution in [0.2, 0.25) is 5.02 Å². The van der Waals surface area contributed by atoms with E-state index in [1.54, 1.807) is 24.3 Å². The van der Waals surface area contributed by atoms with Crippen molar-refractivity contribution in [1.82, 2.24) is 5.43 Å². The maximum absolute atomic E-state index is 11.8. The Kier molecular flexibility index (Phi) is 3.95. The number of allylic oxidation sites excluding steroid dienone is 4. The predicted molar refractivity (Wildman–Crippen MR) is 73.9 cm³/mol. The Morgan fingerprint density at radius 2 is 2.17 bits per heavy atom. The third-order valence-corrected chi connectivity index (χ3v) is 3.01. The minimum absolute atomic E-state index is 0.300. The van der Waals surface area contributed by atoms with Crippen LogP contribution >= 0.6 is 11.6 Å². The van der Waals surface area contributed by atoms with Gasteiger partial charge in [0.05, 0.1) is 16.3 Å². The number of nitrogens with zero attached hydrogens (tertiary/aromatic N) is 1. The Morgan fingerprint density at radius 3 is 2.83 bits per heavy atom. The van der Waals surface area contributed by atoms with E-state index in [4.69, 9.17) is 11.6 Å². The minimum atomic E-state index is -0.300. The molecular formula is C14H13ClN2O. The van der Waals surface area contributed by atoms with Crippen molar-refractivity contribution in [2.75, 3.05) is 0 Å². The fourth-order valence-corrected chi connectivity index (χ4v) is 1.85. The second kappa shape index (κ2) is 5.65. The zero-order valence-corrected chi connectivity index (χ0v) is 10.7. The molecule has 92 valence electrons. The van der Waals surface area contributed by atoms with Crippen LogP contribution in [0.1, 0.15) is 23.7 Å². The number of halogens is 1. The molecule has 1 aromatic rings. The molecule has 0 atom stereocenters. The van der Waals surface area contributed by atoms with Crippen LogP contribution in [0.15, 0.2) is 53.2 Å². The summed E-state index contributed by atoms with van der Waals surface area (Å²) in [4.78, 5) is 11.8. The number of hydrogen-bond acceptors (Lipinski definition) is 2. The quantitative estimate of drug-likeness (QED) is 0.657. The van der Waals surface area contributed by atoms with E-state index in [2.05, 4.69) is 10.5 Å². The fourth-order valence-electron chi connectivity index (χ4n) is 1.63. The van der Waals surface area contributed by atoms with Crippen LogP contribution in [0.4, 0.5) is 0 Å². The van der Waals surface area contributed by atoms with E-state index < -0.39 is 0 Å². The first-order valence-electron chi connectivity index (χ1n) is 5.63. The molecule has 2 rings (SSSR count). The third kappa shape index (κ3) is 2.87. The Bertz CT molecular complexity index is 559. The standard InChI is InChI=1S/C14H13ClN2O/c1-10(11-6-2-3-7-11)16-17-14(18)12-8-4-5-9-13(12)15/h2-6,8-9H,7H2,1H3,(H,17,18). The van der Waals surface area contributed by atoms with Gasteiger partial charge in [0.1, 0.15) is 0 Å². The Labute approximate surface area is 111 Å². The summed E-state index contributed by atoms with van der Waals surface area (Å²) in [6, 6.07) is 6.89. The van der Waals surface area contributed by atoms with E-state index in [9.17, 15) is 4.79 Å². The van der Waals surface area contributed by atoms with Crippen molar-refractivity contribution in [2.45, 2.75) is 13.3 Å². The van der Waals surface area contributed by atoms with Gasteiger partial charge >= 0.3 is 0 Å². The molecule has 1 N–H and O–H groups in total. The first-order valence-corrected chi connectivity index (χ1v) is 6.01. The predicted octanol–water partition coefficient (Wildman–Crippen LogP) is 3.33. The number of hydrazone groups is 1. The van der Waals surface area contributed by atoms with Crippen LogP contribution in [0.3, 0.4) is 0 Å². The SMILES string of the molecule is CC(=NNC(=O)c1ccccc1Cl)C1=CC=CC1. The molecule has 0 aromatic heterocycles. The van der Waals surface area contributed by atoms with Crippen molar-refractivity contribution in [1.29, 1.82) is 0 Å². The largest absolute Gasteiger partial charge is 0.272 e. The highest BCUT2D eigenvalue weighted by atomic mass is 35.5. The molecule has 1 aliphatic rings. The number of hydrogen-bond donors (Lipinski definition) is 1. The smallest absolute Gasteiger partial charge is 0.267 e. The molecule has 0 heterocycles. The Balaban J connectivity index is 2.04. The molecule has 0 bridgehead atoms. The molecule has 0 saturated heterocycles. The highest BCUT2D eigenvalue weighted by Crippen LogP contribution is 2.15. The molecule has 0 radical (unpaired) electrons. The van der Waals surface area contributed by atoms with E-state index in [-0.39, 0.29) is 5.91 Å². The van der Waals surface area contributed by atoms with Gasteiger partial charge in [0.25, 0.3) is 5.91 Å². The van der Waals surface area contributed by atoms with E-state index in [0.717, 1.165) is 17.7 Å². The molecule has 18 heavy (non-hydrogen) atoms. The third-order valence-electron chi connectivity index (χ3n) is 2.68. The second-order valence-corrected chi connectivity index (χ2v) is 4.35. The topological polar surface area (TPSA) is 41.5 Å². The van der Waals surface area contributed by atoms with Gasteiger partial charge in [-0.3, -0.25) is 4.79 Å². The monoisotopic (exact) mass is 260 g/mol. The van der Waals surface area contributed by atoms with Gasteiger partial charge in [-0.15, -0.1) is 0 Å². The average molecular weight is 261 g/mol. The lowest BCUT2D eigenvalue weighted by Gasteiger charge is -2.04. The van der Waals surface area contributed by atoms with Gasteiger partial charge in [0.15, 0.2) is 0 Å². The zero-order valence-electron chi connectivity index (χ0n) is 9.98. The minimum Gasteiger partial charge on any atom is -0.267 e. The summed E-state index contributed by atoms with van der Waals surface area (Å²) in [5, 5.41) is 4.49. The van der Waals surface area contributed by atoms with Crippen LogP contribution in [0.5, 0.6) is 0 Å². The summed E-state index contributed by atoms with van der Waals surface area (Å²) in [7, 11) is 0. The summed E-state index contributed by atoms with van der Waals surface area (Å²) in [5.41, 5.74) is 4.85. The van der Waals surface area contributed by atoms with Crippen molar-refractivity contribution in [3.8, 4) is 0 Å².